The number of nitrogens with zero attached hydrogens (tertiary/aromatic N) is 2. The molecule has 1 rings (SSSR count). The van der Waals surface area contributed by atoms with Crippen molar-refractivity contribution in [3.8, 4) is 0 Å². The number of halogens is 1. The third-order valence-corrected chi connectivity index (χ3v) is 3.95. The molecule has 0 bridgehead atoms. The van der Waals surface area contributed by atoms with Crippen molar-refractivity contribution >= 4 is 27.5 Å². The molecule has 0 unspecified atom stereocenters. The molecule has 0 fully saturated rings. The number of hydrogen-bond donors (Lipinski definition) is 1. The second-order valence-corrected chi connectivity index (χ2v) is 5.38. The van der Waals surface area contributed by atoms with Crippen molar-refractivity contribution in [2.45, 2.75) is 20.3 Å². The number of amides is 1. The number of hydrogen-bond acceptors (Lipinski definition) is 4. The minimum Gasteiger partial charge on any atom is -0.351 e. The lowest BCUT2D eigenvalue weighted by atomic mass is 10.2. The Balaban J connectivity index is 2.64. The Labute approximate surface area is 132 Å². The van der Waals surface area contributed by atoms with Crippen molar-refractivity contribution in [3.05, 3.63) is 38.3 Å². The Kier molecular flexibility index (Phi) is 7.31. The molecule has 0 saturated carbocycles. The lowest BCUT2D eigenvalue weighted by Gasteiger charge is -2.19. The first-order valence-corrected chi connectivity index (χ1v) is 7.74. The molecule has 116 valence electrons. The highest BCUT2D eigenvalue weighted by Gasteiger charge is 2.19. The maximum absolute atomic E-state index is 12.1. The van der Waals surface area contributed by atoms with E-state index in [1.54, 1.807) is 6.07 Å². The van der Waals surface area contributed by atoms with Crippen LogP contribution in [0.5, 0.6) is 0 Å². The van der Waals surface area contributed by atoms with Crippen LogP contribution in [0.2, 0.25) is 0 Å². The van der Waals surface area contributed by atoms with Crippen LogP contribution >= 0.6 is 15.9 Å². The van der Waals surface area contributed by atoms with Gasteiger partial charge in [-0.2, -0.15) is 0 Å². The number of nitro groups is 1. The van der Waals surface area contributed by atoms with Gasteiger partial charge < -0.3 is 10.2 Å². The van der Waals surface area contributed by atoms with Crippen molar-refractivity contribution < 1.29 is 9.72 Å². The average Bonchev–Trinajstić information content (AvgIpc) is 2.46. The standard InChI is InChI=1S/C14H20BrN3O3/c1-3-9-17(4-2)10-8-16-14(19)11-6-5-7-12(13(11)15)18(20)21/h5-7H,3-4,8-10H2,1-2H3,(H,16,19). The van der Waals surface area contributed by atoms with E-state index < -0.39 is 4.92 Å². The monoisotopic (exact) mass is 357 g/mol. The Morgan fingerprint density at radius 2 is 2.10 bits per heavy atom. The molecule has 21 heavy (non-hydrogen) atoms. The Bertz CT molecular complexity index is 508. The van der Waals surface area contributed by atoms with E-state index in [1.807, 2.05) is 0 Å². The summed E-state index contributed by atoms with van der Waals surface area (Å²) in [6.07, 6.45) is 1.07. The molecule has 0 aromatic heterocycles. The summed E-state index contributed by atoms with van der Waals surface area (Å²) < 4.78 is 0.216. The fourth-order valence-corrected chi connectivity index (χ4v) is 2.59. The summed E-state index contributed by atoms with van der Waals surface area (Å²) in [5.74, 6) is -0.307. The highest BCUT2D eigenvalue weighted by molar-refractivity contribution is 9.10. The molecule has 1 aromatic rings. The zero-order valence-corrected chi connectivity index (χ0v) is 13.9. The Morgan fingerprint density at radius 3 is 2.67 bits per heavy atom. The first kappa shape index (κ1) is 17.6. The summed E-state index contributed by atoms with van der Waals surface area (Å²) in [5.41, 5.74) is 0.173. The second kappa shape index (κ2) is 8.74. The van der Waals surface area contributed by atoms with Crippen LogP contribution < -0.4 is 5.32 Å². The number of nitro benzene ring substituents is 1. The first-order valence-electron chi connectivity index (χ1n) is 6.94. The number of nitrogens with one attached hydrogen (secondary N) is 1. The molecule has 1 amide bonds. The van der Waals surface area contributed by atoms with Crippen LogP contribution in [-0.4, -0.2) is 41.9 Å². The van der Waals surface area contributed by atoms with E-state index in [9.17, 15) is 14.9 Å². The van der Waals surface area contributed by atoms with Crippen molar-refractivity contribution in [1.29, 1.82) is 0 Å². The van der Waals surface area contributed by atoms with Gasteiger partial charge in [-0.05, 0) is 41.5 Å². The van der Waals surface area contributed by atoms with E-state index in [-0.39, 0.29) is 21.6 Å². The Morgan fingerprint density at radius 1 is 1.38 bits per heavy atom. The molecule has 1 aromatic carbocycles. The molecule has 7 heteroatoms. The minimum absolute atomic E-state index is 0.108. The topological polar surface area (TPSA) is 75.5 Å². The van der Waals surface area contributed by atoms with Gasteiger partial charge in [0.1, 0.15) is 4.47 Å². The fraction of sp³-hybridized carbons (Fsp3) is 0.500. The highest BCUT2D eigenvalue weighted by Crippen LogP contribution is 2.28. The molecule has 0 saturated heterocycles. The van der Waals surface area contributed by atoms with Crippen LogP contribution in [0.4, 0.5) is 5.69 Å². The molecule has 0 atom stereocenters. The minimum atomic E-state index is -0.513. The van der Waals surface area contributed by atoms with Gasteiger partial charge in [0.25, 0.3) is 11.6 Å². The maximum atomic E-state index is 12.1. The zero-order chi connectivity index (χ0) is 15.8. The van der Waals surface area contributed by atoms with Crippen molar-refractivity contribution in [1.82, 2.24) is 10.2 Å². The van der Waals surface area contributed by atoms with E-state index in [4.69, 9.17) is 0 Å². The quantitative estimate of drug-likeness (QED) is 0.573. The van der Waals surface area contributed by atoms with Crippen LogP contribution in [0, 0.1) is 10.1 Å². The molecular weight excluding hydrogens is 338 g/mol. The molecule has 6 nitrogen and oxygen atoms in total. The summed E-state index contributed by atoms with van der Waals surface area (Å²) in [7, 11) is 0. The summed E-state index contributed by atoms with van der Waals surface area (Å²) in [4.78, 5) is 24.7. The third kappa shape index (κ3) is 5.09. The molecule has 0 radical (unpaired) electrons. The average molecular weight is 358 g/mol. The molecule has 0 aliphatic rings. The molecular formula is C14H20BrN3O3. The highest BCUT2D eigenvalue weighted by atomic mass is 79.9. The third-order valence-electron chi connectivity index (χ3n) is 3.12. The summed E-state index contributed by atoms with van der Waals surface area (Å²) in [6.45, 7) is 7.40. The van der Waals surface area contributed by atoms with Gasteiger partial charge in [0.05, 0.1) is 10.5 Å². The first-order chi connectivity index (χ1) is 10.0. The van der Waals surface area contributed by atoms with Crippen LogP contribution in [-0.2, 0) is 0 Å². The number of likely N-dealkylation sites (N-methyl/N-ethyl adjacent to an activating group) is 1. The van der Waals surface area contributed by atoms with Crippen molar-refractivity contribution in [3.63, 3.8) is 0 Å². The Hall–Kier alpha value is -1.47. The zero-order valence-electron chi connectivity index (χ0n) is 12.3. The van der Waals surface area contributed by atoms with E-state index in [0.29, 0.717) is 6.54 Å². The molecule has 1 N–H and O–H groups in total. The second-order valence-electron chi connectivity index (χ2n) is 4.59. The normalized spacial score (nSPS) is 10.7. The SMILES string of the molecule is CCCN(CC)CCNC(=O)c1cccc([N+](=O)[O-])c1Br. The molecule has 0 heterocycles. The van der Waals surface area contributed by atoms with Gasteiger partial charge in [0, 0.05) is 19.2 Å². The van der Waals surface area contributed by atoms with E-state index in [1.165, 1.54) is 12.1 Å². The van der Waals surface area contributed by atoms with E-state index in [0.717, 1.165) is 26.1 Å². The van der Waals surface area contributed by atoms with E-state index in [2.05, 4.69) is 40.0 Å². The number of rotatable bonds is 8. The predicted molar refractivity (Wildman–Crippen MR) is 85.5 cm³/mol. The van der Waals surface area contributed by atoms with Crippen LogP contribution in [0.15, 0.2) is 22.7 Å². The summed E-state index contributed by atoms with van der Waals surface area (Å²) in [5, 5.41) is 13.6. The summed E-state index contributed by atoms with van der Waals surface area (Å²) >= 11 is 3.13. The van der Waals surface area contributed by atoms with Crippen LogP contribution in [0.3, 0.4) is 0 Å². The maximum Gasteiger partial charge on any atom is 0.284 e. The molecule has 0 aliphatic carbocycles. The van der Waals surface area contributed by atoms with Crippen LogP contribution in [0.1, 0.15) is 30.6 Å². The lowest BCUT2D eigenvalue weighted by Crippen LogP contribution is -2.35. The van der Waals surface area contributed by atoms with Gasteiger partial charge in [0.2, 0.25) is 0 Å². The number of benzene rings is 1. The number of carbonyl (C=O) groups is 1. The predicted octanol–water partition coefficient (Wildman–Crippen LogP) is 2.82. The van der Waals surface area contributed by atoms with Crippen molar-refractivity contribution in [2.75, 3.05) is 26.2 Å². The lowest BCUT2D eigenvalue weighted by molar-refractivity contribution is -0.385. The van der Waals surface area contributed by atoms with Gasteiger partial charge in [0.15, 0.2) is 0 Å². The van der Waals surface area contributed by atoms with Gasteiger partial charge in [-0.25, -0.2) is 0 Å². The van der Waals surface area contributed by atoms with Gasteiger partial charge in [-0.1, -0.05) is 19.9 Å². The molecule has 0 aliphatic heterocycles. The molecule has 0 spiro atoms. The largest absolute Gasteiger partial charge is 0.351 e. The van der Waals surface area contributed by atoms with E-state index >= 15 is 0 Å². The van der Waals surface area contributed by atoms with Crippen molar-refractivity contribution in [2.24, 2.45) is 0 Å². The van der Waals surface area contributed by atoms with Gasteiger partial charge in [-0.3, -0.25) is 14.9 Å². The number of carbonyl (C=O) groups excluding carboxylic acids is 1. The van der Waals surface area contributed by atoms with Crippen LogP contribution in [0.25, 0.3) is 0 Å². The van der Waals surface area contributed by atoms with Gasteiger partial charge in [-0.15, -0.1) is 0 Å². The fourth-order valence-electron chi connectivity index (χ4n) is 2.00. The smallest absolute Gasteiger partial charge is 0.284 e. The summed E-state index contributed by atoms with van der Waals surface area (Å²) in [6, 6.07) is 4.43. The van der Waals surface area contributed by atoms with Gasteiger partial charge >= 0.3 is 0 Å².